The molecule has 0 aliphatic rings. The molecule has 1 N–H and O–H groups in total. The third-order valence-electron chi connectivity index (χ3n) is 1.74. The van der Waals surface area contributed by atoms with Crippen LogP contribution in [0.1, 0.15) is 19.6 Å². The zero-order valence-electron chi connectivity index (χ0n) is 8.82. The largest absolute Gasteiger partial charge is 0.482 e. The van der Waals surface area contributed by atoms with Gasteiger partial charge in [0.15, 0.2) is 0 Å². The summed E-state index contributed by atoms with van der Waals surface area (Å²) in [5.41, 5.74) is 0.832. The Balaban J connectivity index is 2.71. The predicted molar refractivity (Wildman–Crippen MR) is 55.8 cm³/mol. The van der Waals surface area contributed by atoms with Gasteiger partial charge >= 0.3 is 0 Å². The molecule has 1 aromatic heterocycles. The molecule has 0 radical (unpaired) electrons. The van der Waals surface area contributed by atoms with Crippen LogP contribution in [0, 0.1) is 0 Å². The fourth-order valence-corrected chi connectivity index (χ4v) is 0.925. The van der Waals surface area contributed by atoms with Gasteiger partial charge in [-0.1, -0.05) is 5.57 Å². The molecule has 0 bridgehead atoms. The Hall–Kier alpha value is -1.55. The number of rotatable bonds is 4. The molecule has 15 heavy (non-hydrogen) atoms. The summed E-state index contributed by atoms with van der Waals surface area (Å²) in [4.78, 5) is 11.4. The lowest BCUT2D eigenvalue weighted by molar-refractivity contribution is 0.239. The molecule has 0 aromatic carbocycles. The predicted octanol–water partition coefficient (Wildman–Crippen LogP) is 1.48. The van der Waals surface area contributed by atoms with Crippen LogP contribution in [-0.2, 0) is 6.61 Å². The summed E-state index contributed by atoms with van der Waals surface area (Å²) in [6.07, 6.45) is 3.08. The smallest absolute Gasteiger partial charge is 0.227 e. The molecule has 0 saturated heterocycles. The molecule has 4 nitrogen and oxygen atoms in total. The van der Waals surface area contributed by atoms with Crippen LogP contribution in [0.25, 0.3) is 0 Å². The number of hydrogen-bond acceptors (Lipinski definition) is 4. The van der Waals surface area contributed by atoms with Gasteiger partial charge in [-0.05, 0) is 19.9 Å². The maximum absolute atomic E-state index is 11.4. The van der Waals surface area contributed by atoms with Gasteiger partial charge < -0.3 is 14.3 Å². The Labute approximate surface area is 87.8 Å². The van der Waals surface area contributed by atoms with Crippen LogP contribution in [0.4, 0.5) is 0 Å². The van der Waals surface area contributed by atoms with E-state index in [9.17, 15) is 4.79 Å². The highest BCUT2D eigenvalue weighted by Gasteiger charge is 2.02. The van der Waals surface area contributed by atoms with E-state index >= 15 is 0 Å². The minimum absolute atomic E-state index is 0.157. The molecular formula is C11H14O4. The number of ether oxygens (including phenoxy) is 1. The first-order valence-electron chi connectivity index (χ1n) is 4.62. The molecule has 0 saturated carbocycles. The summed E-state index contributed by atoms with van der Waals surface area (Å²) in [5, 5.41) is 8.72. The van der Waals surface area contributed by atoms with Crippen molar-refractivity contribution in [1.29, 1.82) is 0 Å². The molecule has 1 rings (SSSR count). The molecule has 0 spiro atoms. The van der Waals surface area contributed by atoms with E-state index in [1.165, 1.54) is 12.3 Å². The molecule has 0 fully saturated rings. The Morgan fingerprint density at radius 3 is 2.87 bits per heavy atom. The van der Waals surface area contributed by atoms with Crippen LogP contribution in [0.3, 0.4) is 0 Å². The van der Waals surface area contributed by atoms with Gasteiger partial charge in [0.1, 0.15) is 25.2 Å². The van der Waals surface area contributed by atoms with E-state index in [4.69, 9.17) is 14.3 Å². The number of allylic oxidation sites excluding steroid dienone is 1. The van der Waals surface area contributed by atoms with Crippen LogP contribution in [0.15, 0.2) is 33.2 Å². The number of hydrogen-bond donors (Lipinski definition) is 1. The molecular weight excluding hydrogens is 196 g/mol. The summed E-state index contributed by atoms with van der Waals surface area (Å²) in [6, 6.07) is 1.22. The minimum atomic E-state index is -0.288. The molecule has 1 heterocycles. The third-order valence-corrected chi connectivity index (χ3v) is 1.74. The van der Waals surface area contributed by atoms with Crippen LogP contribution in [0.2, 0.25) is 0 Å². The molecule has 1 aromatic rings. The molecule has 0 unspecified atom stereocenters. The number of aliphatic hydroxyl groups is 1. The molecule has 0 aliphatic carbocycles. The fourth-order valence-electron chi connectivity index (χ4n) is 0.925. The summed E-state index contributed by atoms with van der Waals surface area (Å²) in [5.74, 6) is 0.388. The van der Waals surface area contributed by atoms with E-state index in [1.807, 2.05) is 19.9 Å². The Bertz CT molecular complexity index is 399. The lowest BCUT2D eigenvalue weighted by atomic mass is 10.3. The third kappa shape index (κ3) is 3.59. The second kappa shape index (κ2) is 5.36. The lowest BCUT2D eigenvalue weighted by Gasteiger charge is -2.02. The lowest BCUT2D eigenvalue weighted by Crippen LogP contribution is -2.08. The summed E-state index contributed by atoms with van der Waals surface area (Å²) >= 11 is 0. The Morgan fingerprint density at radius 2 is 2.33 bits per heavy atom. The maximum Gasteiger partial charge on any atom is 0.227 e. The zero-order valence-corrected chi connectivity index (χ0v) is 8.82. The number of aliphatic hydroxyl groups excluding tert-OH is 1. The molecule has 0 atom stereocenters. The molecule has 82 valence electrons. The van der Waals surface area contributed by atoms with E-state index < -0.39 is 0 Å². The first-order valence-corrected chi connectivity index (χ1v) is 4.62. The van der Waals surface area contributed by atoms with Gasteiger partial charge in [0, 0.05) is 6.07 Å². The van der Waals surface area contributed by atoms with Crippen molar-refractivity contribution < 1.29 is 14.3 Å². The highest BCUT2D eigenvalue weighted by Crippen LogP contribution is 2.05. The summed E-state index contributed by atoms with van der Waals surface area (Å²) in [7, 11) is 0. The van der Waals surface area contributed by atoms with Gasteiger partial charge in [-0.3, -0.25) is 4.79 Å². The van der Waals surface area contributed by atoms with Gasteiger partial charge in [-0.25, -0.2) is 0 Å². The topological polar surface area (TPSA) is 59.7 Å². The Morgan fingerprint density at radius 1 is 1.60 bits per heavy atom. The zero-order chi connectivity index (χ0) is 11.3. The van der Waals surface area contributed by atoms with E-state index in [0.29, 0.717) is 6.61 Å². The van der Waals surface area contributed by atoms with Crippen LogP contribution in [0.5, 0.6) is 5.75 Å². The first kappa shape index (κ1) is 11.5. The van der Waals surface area contributed by atoms with Gasteiger partial charge in [0.05, 0.1) is 0 Å². The molecule has 0 amide bonds. The molecule has 0 aliphatic heterocycles. The van der Waals surface area contributed by atoms with E-state index in [0.717, 1.165) is 5.57 Å². The van der Waals surface area contributed by atoms with Crippen molar-refractivity contribution in [3.05, 3.63) is 40.0 Å². The summed E-state index contributed by atoms with van der Waals surface area (Å²) < 4.78 is 10.1. The fraction of sp³-hybridized carbons (Fsp3) is 0.364. The minimum Gasteiger partial charge on any atom is -0.482 e. The molecule has 4 heteroatoms. The van der Waals surface area contributed by atoms with Crippen LogP contribution in [-0.4, -0.2) is 11.7 Å². The van der Waals surface area contributed by atoms with Crippen LogP contribution >= 0.6 is 0 Å². The van der Waals surface area contributed by atoms with Crippen molar-refractivity contribution in [3.63, 3.8) is 0 Å². The average Bonchev–Trinajstić information content (AvgIpc) is 2.20. The van der Waals surface area contributed by atoms with E-state index in [-0.39, 0.29) is 23.5 Å². The average molecular weight is 210 g/mol. The monoisotopic (exact) mass is 210 g/mol. The second-order valence-corrected chi connectivity index (χ2v) is 3.33. The second-order valence-electron chi connectivity index (χ2n) is 3.33. The van der Waals surface area contributed by atoms with E-state index in [1.54, 1.807) is 0 Å². The van der Waals surface area contributed by atoms with Crippen molar-refractivity contribution in [1.82, 2.24) is 0 Å². The normalized spacial score (nSPS) is 9.80. The SMILES string of the molecule is CC(C)=CCOc1coc(CO)cc1=O. The highest BCUT2D eigenvalue weighted by molar-refractivity contribution is 5.17. The van der Waals surface area contributed by atoms with Crippen molar-refractivity contribution in [2.75, 3.05) is 6.61 Å². The Kier molecular flexibility index (Phi) is 4.12. The van der Waals surface area contributed by atoms with Gasteiger partial charge in [-0.2, -0.15) is 0 Å². The standard InChI is InChI=1S/C11H14O4/c1-8(2)3-4-14-11-7-15-9(6-12)5-10(11)13/h3,5,7,12H,4,6H2,1-2H3. The first-order chi connectivity index (χ1) is 7.13. The van der Waals surface area contributed by atoms with Gasteiger partial charge in [0.2, 0.25) is 11.2 Å². The summed E-state index contributed by atoms with van der Waals surface area (Å²) in [6.45, 7) is 3.94. The van der Waals surface area contributed by atoms with Gasteiger partial charge in [0.25, 0.3) is 0 Å². The van der Waals surface area contributed by atoms with Crippen molar-refractivity contribution in [3.8, 4) is 5.75 Å². The quantitative estimate of drug-likeness (QED) is 0.764. The van der Waals surface area contributed by atoms with Crippen LogP contribution < -0.4 is 10.2 Å². The van der Waals surface area contributed by atoms with Crippen molar-refractivity contribution in [2.24, 2.45) is 0 Å². The maximum atomic E-state index is 11.4. The van der Waals surface area contributed by atoms with Gasteiger partial charge in [-0.15, -0.1) is 0 Å². The highest BCUT2D eigenvalue weighted by atomic mass is 16.5. The van der Waals surface area contributed by atoms with Crippen molar-refractivity contribution in [2.45, 2.75) is 20.5 Å². The van der Waals surface area contributed by atoms with Crippen molar-refractivity contribution >= 4 is 0 Å². The van der Waals surface area contributed by atoms with E-state index in [2.05, 4.69) is 0 Å².